The van der Waals surface area contributed by atoms with Gasteiger partial charge in [-0.15, -0.1) is 0 Å². The van der Waals surface area contributed by atoms with Crippen LogP contribution in [0.4, 0.5) is 11.4 Å². The Bertz CT molecular complexity index is 1250. The van der Waals surface area contributed by atoms with E-state index in [-0.39, 0.29) is 11.8 Å². The van der Waals surface area contributed by atoms with E-state index in [2.05, 4.69) is 75.4 Å². The van der Waals surface area contributed by atoms with Crippen LogP contribution in [0.5, 0.6) is 0 Å². The fourth-order valence-electron chi connectivity index (χ4n) is 6.20. The van der Waals surface area contributed by atoms with Crippen molar-refractivity contribution >= 4 is 23.1 Å². The van der Waals surface area contributed by atoms with Gasteiger partial charge < -0.3 is 19.4 Å². The lowest BCUT2D eigenvalue weighted by Crippen LogP contribution is -2.48. The van der Waals surface area contributed by atoms with Gasteiger partial charge in [0, 0.05) is 45.8 Å². The molecule has 0 saturated carbocycles. The summed E-state index contributed by atoms with van der Waals surface area (Å²) in [5.74, 6) is -0.780. The number of Topliss-reactive ketones (excluding diaryl/α,β-unsaturated/α-hetero) is 1. The molecule has 3 aromatic carbocycles. The molecule has 0 spiro atoms. The summed E-state index contributed by atoms with van der Waals surface area (Å²) in [6.45, 7) is 8.16. The lowest BCUT2D eigenvalue weighted by molar-refractivity contribution is -0.114. The molecular weight excluding hydrogens is 488 g/mol. The average molecular weight is 525 g/mol. The van der Waals surface area contributed by atoms with Gasteiger partial charge in [-0.1, -0.05) is 66.7 Å². The van der Waals surface area contributed by atoms with Crippen LogP contribution in [0.25, 0.3) is 0 Å². The van der Waals surface area contributed by atoms with Gasteiger partial charge in [-0.25, -0.2) is 0 Å². The van der Waals surface area contributed by atoms with Crippen molar-refractivity contribution < 1.29 is 14.3 Å². The largest absolute Gasteiger partial charge is 0.378 e. The first kappa shape index (κ1) is 25.7. The number of carbonyl (C=O) groups excluding carboxylic acids is 2. The molecular formula is C32H36N4O3. The standard InChI is InChI=1S/C32H36N4O3/c37-31-29-27(34-21-23-39-24-22-34)13-7-14-28(29)36(32(31)38)16-8-15-33-17-19-35(20-18-33)30(25-9-3-1-4-10-25)26-11-5-2-6-12-26/h1-7,9-14,30H,8,15-24H2. The van der Waals surface area contributed by atoms with Crippen molar-refractivity contribution in [2.75, 3.05) is 75.4 Å². The molecule has 39 heavy (non-hydrogen) atoms. The normalized spacial score (nSPS) is 18.7. The van der Waals surface area contributed by atoms with E-state index in [0.29, 0.717) is 25.3 Å². The van der Waals surface area contributed by atoms with E-state index in [1.807, 2.05) is 18.2 Å². The van der Waals surface area contributed by atoms with Gasteiger partial charge in [0.1, 0.15) is 0 Å². The smallest absolute Gasteiger partial charge is 0.299 e. The third-order valence-corrected chi connectivity index (χ3v) is 8.19. The zero-order valence-electron chi connectivity index (χ0n) is 22.4. The number of ketones is 1. The lowest BCUT2D eigenvalue weighted by atomic mass is 9.96. The van der Waals surface area contributed by atoms with E-state index in [0.717, 1.165) is 63.6 Å². The van der Waals surface area contributed by atoms with Crippen molar-refractivity contribution in [3.63, 3.8) is 0 Å². The van der Waals surface area contributed by atoms with Crippen LogP contribution in [0, 0.1) is 0 Å². The number of hydrogen-bond acceptors (Lipinski definition) is 6. The average Bonchev–Trinajstić information content (AvgIpc) is 3.24. The number of ether oxygens (including phenoxy) is 1. The number of rotatable bonds is 8. The fraction of sp³-hybridized carbons (Fsp3) is 0.375. The minimum Gasteiger partial charge on any atom is -0.378 e. The molecule has 3 aliphatic rings. The fourth-order valence-corrected chi connectivity index (χ4v) is 6.20. The van der Waals surface area contributed by atoms with E-state index in [1.165, 1.54) is 11.1 Å². The molecule has 0 atom stereocenters. The summed E-state index contributed by atoms with van der Waals surface area (Å²) in [6.07, 6.45) is 0.834. The Hall–Kier alpha value is -3.52. The first-order valence-electron chi connectivity index (χ1n) is 14.1. The molecule has 2 saturated heterocycles. The third kappa shape index (κ3) is 5.35. The molecule has 0 aromatic heterocycles. The summed E-state index contributed by atoms with van der Waals surface area (Å²) >= 11 is 0. The van der Waals surface area contributed by atoms with Crippen LogP contribution in [0.15, 0.2) is 78.9 Å². The predicted octanol–water partition coefficient (Wildman–Crippen LogP) is 3.85. The van der Waals surface area contributed by atoms with Gasteiger partial charge in [0.2, 0.25) is 0 Å². The van der Waals surface area contributed by atoms with Crippen molar-refractivity contribution in [2.45, 2.75) is 12.5 Å². The highest BCUT2D eigenvalue weighted by molar-refractivity contribution is 6.53. The van der Waals surface area contributed by atoms with Gasteiger partial charge in [-0.3, -0.25) is 14.5 Å². The summed E-state index contributed by atoms with van der Waals surface area (Å²) in [5.41, 5.74) is 4.83. The van der Waals surface area contributed by atoms with Gasteiger partial charge in [-0.2, -0.15) is 0 Å². The number of benzene rings is 3. The van der Waals surface area contributed by atoms with E-state index >= 15 is 0 Å². The minimum atomic E-state index is -0.399. The number of fused-ring (bicyclic) bond motifs is 1. The molecule has 0 N–H and O–H groups in total. The summed E-state index contributed by atoms with van der Waals surface area (Å²) < 4.78 is 5.47. The van der Waals surface area contributed by atoms with Crippen LogP contribution in [-0.4, -0.2) is 87.1 Å². The number of nitrogens with zero attached hydrogens (tertiary/aromatic N) is 4. The van der Waals surface area contributed by atoms with Crippen molar-refractivity contribution in [1.82, 2.24) is 9.80 Å². The van der Waals surface area contributed by atoms with Gasteiger partial charge in [-0.05, 0) is 36.2 Å². The van der Waals surface area contributed by atoms with Crippen molar-refractivity contribution in [2.24, 2.45) is 0 Å². The Morgan fingerprint density at radius 3 is 1.92 bits per heavy atom. The number of morpholine rings is 1. The molecule has 7 heteroatoms. The second-order valence-electron chi connectivity index (χ2n) is 10.5. The molecule has 7 nitrogen and oxygen atoms in total. The second kappa shape index (κ2) is 11.7. The van der Waals surface area contributed by atoms with Gasteiger partial charge in [0.15, 0.2) is 0 Å². The molecule has 0 unspecified atom stereocenters. The molecule has 3 aromatic rings. The molecule has 202 valence electrons. The Morgan fingerprint density at radius 2 is 1.28 bits per heavy atom. The van der Waals surface area contributed by atoms with Crippen molar-refractivity contribution in [3.8, 4) is 0 Å². The Kier molecular flexibility index (Phi) is 7.72. The number of piperazine rings is 1. The number of hydrogen-bond donors (Lipinski definition) is 0. The molecule has 6 rings (SSSR count). The molecule has 0 aliphatic carbocycles. The van der Waals surface area contributed by atoms with Crippen LogP contribution in [0.3, 0.4) is 0 Å². The highest BCUT2D eigenvalue weighted by Gasteiger charge is 2.38. The van der Waals surface area contributed by atoms with Gasteiger partial charge >= 0.3 is 0 Å². The summed E-state index contributed by atoms with van der Waals surface area (Å²) in [5, 5.41) is 0. The summed E-state index contributed by atoms with van der Waals surface area (Å²) in [6, 6.07) is 27.6. The topological polar surface area (TPSA) is 56.3 Å². The zero-order valence-corrected chi connectivity index (χ0v) is 22.4. The van der Waals surface area contributed by atoms with Crippen molar-refractivity contribution in [1.29, 1.82) is 0 Å². The molecule has 3 heterocycles. The number of anilines is 2. The lowest BCUT2D eigenvalue weighted by Gasteiger charge is -2.40. The van der Waals surface area contributed by atoms with Crippen molar-refractivity contribution in [3.05, 3.63) is 95.6 Å². The van der Waals surface area contributed by atoms with Crippen LogP contribution in [-0.2, 0) is 9.53 Å². The molecule has 2 fully saturated rings. The first-order chi connectivity index (χ1) is 19.2. The SMILES string of the molecule is O=C1C(=O)N(CCCN2CCN(C(c3ccccc3)c3ccccc3)CC2)c2cccc(N3CCOCC3)c21. The van der Waals surface area contributed by atoms with Crippen LogP contribution in [0.2, 0.25) is 0 Å². The second-order valence-corrected chi connectivity index (χ2v) is 10.5. The Balaban J connectivity index is 1.07. The third-order valence-electron chi connectivity index (χ3n) is 8.19. The van der Waals surface area contributed by atoms with E-state index in [4.69, 9.17) is 4.74 Å². The highest BCUT2D eigenvalue weighted by atomic mass is 16.5. The van der Waals surface area contributed by atoms with Crippen LogP contribution < -0.4 is 9.80 Å². The van der Waals surface area contributed by atoms with E-state index in [9.17, 15) is 9.59 Å². The Labute approximate surface area is 230 Å². The maximum atomic E-state index is 13.0. The Morgan fingerprint density at radius 1 is 0.667 bits per heavy atom. The predicted molar refractivity (Wildman–Crippen MR) is 154 cm³/mol. The number of carbonyl (C=O) groups is 2. The molecule has 0 radical (unpaired) electrons. The highest BCUT2D eigenvalue weighted by Crippen LogP contribution is 2.37. The van der Waals surface area contributed by atoms with Crippen LogP contribution >= 0.6 is 0 Å². The zero-order chi connectivity index (χ0) is 26.6. The first-order valence-corrected chi connectivity index (χ1v) is 14.1. The van der Waals surface area contributed by atoms with Gasteiger partial charge in [0.25, 0.3) is 11.7 Å². The minimum absolute atomic E-state index is 0.250. The van der Waals surface area contributed by atoms with Crippen LogP contribution in [0.1, 0.15) is 33.9 Å². The van der Waals surface area contributed by atoms with E-state index in [1.54, 1.807) is 4.90 Å². The van der Waals surface area contributed by atoms with E-state index < -0.39 is 5.91 Å². The monoisotopic (exact) mass is 524 g/mol. The molecule has 0 bridgehead atoms. The maximum absolute atomic E-state index is 13.0. The van der Waals surface area contributed by atoms with Gasteiger partial charge in [0.05, 0.1) is 36.2 Å². The number of amides is 1. The summed E-state index contributed by atoms with van der Waals surface area (Å²) in [7, 11) is 0. The molecule has 3 aliphatic heterocycles. The maximum Gasteiger partial charge on any atom is 0.299 e. The molecule has 1 amide bonds. The quantitative estimate of drug-likeness (QED) is 0.418. The summed E-state index contributed by atoms with van der Waals surface area (Å²) in [4.78, 5) is 34.9.